The molecule has 3 heteroatoms. The minimum absolute atomic E-state index is 0.636. The number of hydrogen-bond acceptors (Lipinski definition) is 2. The van der Waals surface area contributed by atoms with Gasteiger partial charge in [0.25, 0.3) is 0 Å². The zero-order chi connectivity index (χ0) is 25.2. The van der Waals surface area contributed by atoms with Gasteiger partial charge in [-0.2, -0.15) is 0 Å². The summed E-state index contributed by atoms with van der Waals surface area (Å²) in [6.45, 7) is 0. The van der Waals surface area contributed by atoms with Gasteiger partial charge < -0.3 is 10.6 Å². The van der Waals surface area contributed by atoms with Gasteiger partial charge in [0.1, 0.15) is 0 Å². The van der Waals surface area contributed by atoms with E-state index in [1.54, 1.807) is 0 Å². The predicted octanol–water partition coefficient (Wildman–Crippen LogP) is 8.03. The first-order valence-corrected chi connectivity index (χ1v) is 19.1. The van der Waals surface area contributed by atoms with Crippen LogP contribution >= 0.6 is 0 Å². The number of benzene rings is 4. The second kappa shape index (κ2) is 13.1. The van der Waals surface area contributed by atoms with E-state index < -0.39 is 21.0 Å². The zero-order valence-electron chi connectivity index (χ0n) is 21.1. The molecule has 180 valence electrons. The maximum absolute atomic E-state index is 4.71. The molecule has 2 aliphatic rings. The molecule has 0 heterocycles. The Morgan fingerprint density at radius 2 is 0.889 bits per heavy atom. The summed E-state index contributed by atoms with van der Waals surface area (Å²) < 4.78 is 5.98. The van der Waals surface area contributed by atoms with Crippen LogP contribution in [0, 0.1) is 0 Å². The Hall–Kier alpha value is -3.30. The Morgan fingerprint density at radius 1 is 0.528 bits per heavy atom. The van der Waals surface area contributed by atoms with Gasteiger partial charge in [-0.25, -0.2) is 0 Å². The molecule has 2 unspecified atom stereocenters. The fourth-order valence-electron chi connectivity index (χ4n) is 4.55. The normalized spacial score (nSPS) is 15.9. The molecule has 0 spiro atoms. The van der Waals surface area contributed by atoms with E-state index in [0.29, 0.717) is 7.35 Å². The summed E-state index contributed by atoms with van der Waals surface area (Å²) in [5, 5.41) is 6.05. The van der Waals surface area contributed by atoms with Gasteiger partial charge in [-0.15, -0.1) is 0 Å². The Labute approximate surface area is 223 Å². The summed E-state index contributed by atoms with van der Waals surface area (Å²) in [7, 11) is 3.82. The van der Waals surface area contributed by atoms with Crippen molar-refractivity contribution >= 4 is 27.8 Å². The predicted molar refractivity (Wildman–Crippen MR) is 156 cm³/mol. The monoisotopic (exact) mass is 638 g/mol. The van der Waals surface area contributed by atoms with E-state index in [0.717, 1.165) is 11.4 Å². The molecule has 0 amide bonds. The molecule has 0 fully saturated rings. The van der Waals surface area contributed by atoms with Crippen LogP contribution in [0.3, 0.4) is 0 Å². The standard InChI is InChI=1S/2C9H7.2C7H9N.CH2.Hf/c2*1-2-5-9-7-3-6-8(9)4-1;2*1-8-7-5-3-2-4-6-7;;/h2*1-7H;2*2-6,8H,1H3;1H2;. The van der Waals surface area contributed by atoms with Crippen LogP contribution in [0.25, 0.3) is 12.2 Å². The molecule has 2 atom stereocenters. The molecule has 0 aliphatic heterocycles. The quantitative estimate of drug-likeness (QED) is 0.222. The molecular formula is C33H34HfN2. The molecule has 6 rings (SSSR count). The Morgan fingerprint density at radius 3 is 1.25 bits per heavy atom. The molecule has 0 radical (unpaired) electrons. The third kappa shape index (κ3) is 6.47. The number of fused-ring (bicyclic) bond motifs is 2. The van der Waals surface area contributed by atoms with Gasteiger partial charge in [-0.1, -0.05) is 36.4 Å². The van der Waals surface area contributed by atoms with Crippen LogP contribution in [0.2, 0.25) is 0 Å². The third-order valence-electron chi connectivity index (χ3n) is 6.52. The van der Waals surface area contributed by atoms with Crippen molar-refractivity contribution in [2.45, 2.75) is 7.35 Å². The average Bonchev–Trinajstić information content (AvgIpc) is 3.59. The molecule has 36 heavy (non-hydrogen) atoms. The van der Waals surface area contributed by atoms with Crippen LogP contribution in [0.15, 0.2) is 121 Å². The molecule has 0 bridgehead atoms. The zero-order valence-corrected chi connectivity index (χ0v) is 24.7. The first-order valence-electron chi connectivity index (χ1n) is 12.4. The van der Waals surface area contributed by atoms with E-state index in [1.165, 1.54) is 22.3 Å². The minimum atomic E-state index is -2.03. The van der Waals surface area contributed by atoms with Crippen LogP contribution in [0.5, 0.6) is 0 Å². The molecule has 0 saturated heterocycles. The molecule has 4 aromatic rings. The Bertz CT molecular complexity index is 1220. The van der Waals surface area contributed by atoms with Crippen molar-refractivity contribution in [3.63, 3.8) is 0 Å². The number of anilines is 2. The van der Waals surface area contributed by atoms with E-state index in [4.69, 9.17) is 4.26 Å². The number of rotatable bonds is 4. The average molecular weight is 637 g/mol. The van der Waals surface area contributed by atoms with Crippen LogP contribution < -0.4 is 10.6 Å². The van der Waals surface area contributed by atoms with Crippen molar-refractivity contribution in [1.29, 1.82) is 0 Å². The van der Waals surface area contributed by atoms with Crippen LogP contribution in [-0.4, -0.2) is 18.4 Å². The van der Waals surface area contributed by atoms with E-state index in [9.17, 15) is 0 Å². The van der Waals surface area contributed by atoms with E-state index in [1.807, 2.05) is 74.8 Å². The number of allylic oxidation sites excluding steroid dienone is 2. The van der Waals surface area contributed by atoms with Gasteiger partial charge >= 0.3 is 128 Å². The number of hydrogen-bond donors (Lipinski definition) is 2. The number of nitrogens with one attached hydrogen (secondary N) is 2. The molecule has 2 N–H and O–H groups in total. The Kier molecular flexibility index (Phi) is 9.40. The number of para-hydroxylation sites is 2. The van der Waals surface area contributed by atoms with Crippen molar-refractivity contribution in [2.75, 3.05) is 24.7 Å². The van der Waals surface area contributed by atoms with Gasteiger partial charge in [0.05, 0.1) is 0 Å². The van der Waals surface area contributed by atoms with E-state index in [2.05, 4.69) is 83.5 Å². The second-order valence-corrected chi connectivity index (χ2v) is 17.3. The van der Waals surface area contributed by atoms with Crippen molar-refractivity contribution in [2.24, 2.45) is 0 Å². The van der Waals surface area contributed by atoms with Crippen LogP contribution in [0.4, 0.5) is 11.4 Å². The van der Waals surface area contributed by atoms with E-state index in [-0.39, 0.29) is 0 Å². The molecule has 0 aromatic heterocycles. The first-order chi connectivity index (χ1) is 17.7. The van der Waals surface area contributed by atoms with Crippen molar-refractivity contribution < 1.29 is 21.0 Å². The van der Waals surface area contributed by atoms with Gasteiger partial charge in [0.15, 0.2) is 0 Å². The summed E-state index contributed by atoms with van der Waals surface area (Å²) in [6.07, 6.45) is 9.41. The fraction of sp³-hybridized carbons (Fsp3) is 0.121. The summed E-state index contributed by atoms with van der Waals surface area (Å²) in [4.78, 5) is 0. The topological polar surface area (TPSA) is 24.1 Å². The van der Waals surface area contributed by atoms with E-state index >= 15 is 0 Å². The molecule has 2 nitrogen and oxygen atoms in total. The molecule has 2 aliphatic carbocycles. The van der Waals surface area contributed by atoms with Gasteiger partial charge in [-0.05, 0) is 24.3 Å². The van der Waals surface area contributed by atoms with Crippen molar-refractivity contribution in [3.05, 3.63) is 144 Å². The van der Waals surface area contributed by atoms with Crippen molar-refractivity contribution in [1.82, 2.24) is 0 Å². The summed E-state index contributed by atoms with van der Waals surface area (Å²) in [5.41, 5.74) is 8.16. The van der Waals surface area contributed by atoms with Crippen LogP contribution in [-0.2, 0) is 21.0 Å². The summed E-state index contributed by atoms with van der Waals surface area (Å²) in [6, 6.07) is 37.8. The van der Waals surface area contributed by atoms with Gasteiger partial charge in [0.2, 0.25) is 0 Å². The second-order valence-electron chi connectivity index (χ2n) is 8.74. The fourth-order valence-corrected chi connectivity index (χ4v) is 13.2. The van der Waals surface area contributed by atoms with Gasteiger partial charge in [0, 0.05) is 25.5 Å². The Balaban J connectivity index is 0.000000157. The SMILES string of the molecule is CNc1ccccc1.CNc1ccccc1.[CH2]=[Hf]([CH]1C=Cc2ccccc21)[CH]1C=Cc2ccccc21. The first kappa shape index (κ1) is 25.8. The molecule has 4 aromatic carbocycles. The summed E-state index contributed by atoms with van der Waals surface area (Å²) >= 11 is -2.03. The van der Waals surface area contributed by atoms with Crippen LogP contribution in [0.1, 0.15) is 29.6 Å². The van der Waals surface area contributed by atoms with Crippen molar-refractivity contribution in [3.8, 4) is 0 Å². The maximum atomic E-state index is 4.71. The molecular weight excluding hydrogens is 603 g/mol. The summed E-state index contributed by atoms with van der Waals surface area (Å²) in [5.74, 6) is 0. The van der Waals surface area contributed by atoms with Gasteiger partial charge in [-0.3, -0.25) is 0 Å². The third-order valence-corrected chi connectivity index (χ3v) is 15.9. The molecule has 0 saturated carbocycles.